The molecule has 2 aromatic rings. The third-order valence-corrected chi connectivity index (χ3v) is 6.39. The van der Waals surface area contributed by atoms with Crippen LogP contribution in [0.2, 0.25) is 5.02 Å². The second-order valence-electron chi connectivity index (χ2n) is 6.08. The molecule has 0 N–H and O–H groups in total. The Kier molecular flexibility index (Phi) is 7.07. The SMILES string of the molecule is O=C(OCCOc1ccccc1Cl)c1ccc(F)c(S(=O)(=O)N2CCOCC2)c1. The van der Waals surface area contributed by atoms with Crippen LogP contribution in [0.1, 0.15) is 10.4 Å². The predicted molar refractivity (Wildman–Crippen MR) is 103 cm³/mol. The van der Waals surface area contributed by atoms with Crippen LogP contribution >= 0.6 is 11.6 Å². The summed E-state index contributed by atoms with van der Waals surface area (Å²) < 4.78 is 56.3. The number of hydrogen-bond donors (Lipinski definition) is 0. The van der Waals surface area contributed by atoms with E-state index in [1.54, 1.807) is 24.3 Å². The maximum atomic E-state index is 14.2. The van der Waals surface area contributed by atoms with Crippen LogP contribution in [-0.2, 0) is 19.5 Å². The van der Waals surface area contributed by atoms with Gasteiger partial charge in [-0.15, -0.1) is 0 Å². The lowest BCUT2D eigenvalue weighted by Gasteiger charge is -2.26. The molecule has 1 fully saturated rings. The van der Waals surface area contributed by atoms with Gasteiger partial charge in [0.1, 0.15) is 29.7 Å². The van der Waals surface area contributed by atoms with Gasteiger partial charge in [-0.1, -0.05) is 23.7 Å². The first-order valence-electron chi connectivity index (χ1n) is 8.81. The molecule has 3 rings (SSSR count). The van der Waals surface area contributed by atoms with Crippen LogP contribution < -0.4 is 4.74 Å². The van der Waals surface area contributed by atoms with Crippen molar-refractivity contribution in [1.29, 1.82) is 0 Å². The maximum Gasteiger partial charge on any atom is 0.338 e. The van der Waals surface area contributed by atoms with E-state index in [9.17, 15) is 17.6 Å². The zero-order valence-electron chi connectivity index (χ0n) is 15.3. The molecule has 0 spiro atoms. The van der Waals surface area contributed by atoms with Crippen molar-refractivity contribution >= 4 is 27.6 Å². The summed E-state index contributed by atoms with van der Waals surface area (Å²) >= 11 is 5.96. The second-order valence-corrected chi connectivity index (χ2v) is 8.39. The number of ether oxygens (including phenoxy) is 3. The number of para-hydroxylation sites is 1. The van der Waals surface area contributed by atoms with Crippen molar-refractivity contribution in [3.63, 3.8) is 0 Å². The first-order chi connectivity index (χ1) is 13.9. The summed E-state index contributed by atoms with van der Waals surface area (Å²) in [5.74, 6) is -1.27. The van der Waals surface area contributed by atoms with Crippen molar-refractivity contribution < 1.29 is 31.8 Å². The van der Waals surface area contributed by atoms with Crippen molar-refractivity contribution in [3.05, 3.63) is 58.9 Å². The summed E-state index contributed by atoms with van der Waals surface area (Å²) in [6.45, 7) is 0.663. The lowest BCUT2D eigenvalue weighted by Crippen LogP contribution is -2.41. The van der Waals surface area contributed by atoms with E-state index in [4.69, 9.17) is 25.8 Å². The Morgan fingerprint density at radius 1 is 1.14 bits per heavy atom. The number of nitrogens with zero attached hydrogens (tertiary/aromatic N) is 1. The van der Waals surface area contributed by atoms with Crippen LogP contribution in [0.5, 0.6) is 5.75 Å². The zero-order chi connectivity index (χ0) is 20.9. The normalized spacial score (nSPS) is 15.1. The fourth-order valence-corrected chi connectivity index (χ4v) is 4.37. The Morgan fingerprint density at radius 3 is 2.59 bits per heavy atom. The molecule has 10 heteroatoms. The average molecular weight is 444 g/mol. The first kappa shape index (κ1) is 21.5. The Labute approximate surface area is 173 Å². The van der Waals surface area contributed by atoms with Gasteiger partial charge in [0.05, 0.1) is 23.8 Å². The summed E-state index contributed by atoms with van der Waals surface area (Å²) in [5, 5.41) is 0.426. The standard InChI is InChI=1S/C19H19ClFNO6S/c20-15-3-1-2-4-17(15)27-11-12-28-19(23)14-5-6-16(21)18(13-14)29(24,25)22-7-9-26-10-8-22/h1-6,13H,7-12H2. The van der Waals surface area contributed by atoms with Crippen molar-refractivity contribution in [2.75, 3.05) is 39.5 Å². The summed E-state index contributed by atoms with van der Waals surface area (Å²) in [7, 11) is -4.08. The lowest BCUT2D eigenvalue weighted by atomic mass is 10.2. The summed E-state index contributed by atoms with van der Waals surface area (Å²) in [4.78, 5) is 11.7. The number of benzene rings is 2. The topological polar surface area (TPSA) is 82.1 Å². The Bertz CT molecular complexity index is 978. The fraction of sp³-hybridized carbons (Fsp3) is 0.316. The summed E-state index contributed by atoms with van der Waals surface area (Å²) in [6, 6.07) is 9.94. The minimum absolute atomic E-state index is 0.0512. The Hall–Kier alpha value is -2.20. The Morgan fingerprint density at radius 2 is 1.86 bits per heavy atom. The van der Waals surface area contributed by atoms with Gasteiger partial charge in [-0.05, 0) is 30.3 Å². The quantitative estimate of drug-likeness (QED) is 0.483. The highest BCUT2D eigenvalue weighted by atomic mass is 35.5. The molecule has 1 saturated heterocycles. The van der Waals surface area contributed by atoms with Crippen molar-refractivity contribution in [1.82, 2.24) is 4.31 Å². The molecule has 0 bridgehead atoms. The second kappa shape index (κ2) is 9.53. The van der Waals surface area contributed by atoms with Gasteiger partial charge in [0.15, 0.2) is 0 Å². The minimum Gasteiger partial charge on any atom is -0.488 e. The maximum absolute atomic E-state index is 14.2. The molecule has 0 radical (unpaired) electrons. The molecule has 1 heterocycles. The molecule has 0 amide bonds. The average Bonchev–Trinajstić information content (AvgIpc) is 2.73. The molecular weight excluding hydrogens is 425 g/mol. The monoisotopic (exact) mass is 443 g/mol. The molecule has 0 saturated carbocycles. The van der Waals surface area contributed by atoms with Gasteiger partial charge in [0.2, 0.25) is 10.0 Å². The largest absolute Gasteiger partial charge is 0.488 e. The lowest BCUT2D eigenvalue weighted by molar-refractivity contribution is 0.0450. The van der Waals surface area contributed by atoms with Crippen LogP contribution in [0, 0.1) is 5.82 Å². The fourth-order valence-electron chi connectivity index (χ4n) is 2.69. The van der Waals surface area contributed by atoms with Crippen LogP contribution in [-0.4, -0.2) is 58.2 Å². The molecule has 0 atom stereocenters. The van der Waals surface area contributed by atoms with Gasteiger partial charge < -0.3 is 14.2 Å². The highest BCUT2D eigenvalue weighted by molar-refractivity contribution is 7.89. The molecule has 29 heavy (non-hydrogen) atoms. The van der Waals surface area contributed by atoms with Gasteiger partial charge >= 0.3 is 5.97 Å². The number of carbonyl (C=O) groups is 1. The van der Waals surface area contributed by atoms with Gasteiger partial charge in [-0.3, -0.25) is 0 Å². The number of hydrogen-bond acceptors (Lipinski definition) is 6. The van der Waals surface area contributed by atoms with E-state index in [0.717, 1.165) is 16.4 Å². The van der Waals surface area contributed by atoms with Crippen LogP contribution in [0.15, 0.2) is 47.4 Å². The van der Waals surface area contributed by atoms with E-state index < -0.39 is 26.7 Å². The molecular formula is C19H19ClFNO6S. The molecule has 0 aromatic heterocycles. The van der Waals surface area contributed by atoms with Crippen LogP contribution in [0.25, 0.3) is 0 Å². The number of halogens is 2. The third kappa shape index (κ3) is 5.24. The van der Waals surface area contributed by atoms with Gasteiger partial charge in [0.25, 0.3) is 0 Å². The summed E-state index contributed by atoms with van der Waals surface area (Å²) in [5.41, 5.74) is -0.0732. The number of rotatable bonds is 7. The van der Waals surface area contributed by atoms with Crippen molar-refractivity contribution in [2.24, 2.45) is 0 Å². The van der Waals surface area contributed by atoms with Gasteiger partial charge in [-0.25, -0.2) is 17.6 Å². The van der Waals surface area contributed by atoms with Crippen LogP contribution in [0.4, 0.5) is 4.39 Å². The van der Waals surface area contributed by atoms with Gasteiger partial charge in [-0.2, -0.15) is 4.31 Å². The number of carbonyl (C=O) groups excluding carboxylic acids is 1. The first-order valence-corrected chi connectivity index (χ1v) is 10.6. The molecule has 2 aromatic carbocycles. The van der Waals surface area contributed by atoms with E-state index in [2.05, 4.69) is 0 Å². The van der Waals surface area contributed by atoms with Crippen molar-refractivity contribution in [3.8, 4) is 5.75 Å². The zero-order valence-corrected chi connectivity index (χ0v) is 16.9. The van der Waals surface area contributed by atoms with Crippen LogP contribution in [0.3, 0.4) is 0 Å². The highest BCUT2D eigenvalue weighted by Gasteiger charge is 2.30. The molecule has 0 aliphatic carbocycles. The molecule has 1 aliphatic rings. The number of morpholine rings is 1. The van der Waals surface area contributed by atoms with E-state index >= 15 is 0 Å². The summed E-state index contributed by atoms with van der Waals surface area (Å²) in [6.07, 6.45) is 0. The third-order valence-electron chi connectivity index (χ3n) is 4.17. The molecule has 7 nitrogen and oxygen atoms in total. The van der Waals surface area contributed by atoms with E-state index in [-0.39, 0.29) is 45.1 Å². The minimum atomic E-state index is -4.08. The smallest absolute Gasteiger partial charge is 0.338 e. The predicted octanol–water partition coefficient (Wildman–Crippen LogP) is 2.74. The highest BCUT2D eigenvalue weighted by Crippen LogP contribution is 2.24. The molecule has 156 valence electrons. The van der Waals surface area contributed by atoms with Gasteiger partial charge in [0, 0.05) is 13.1 Å². The van der Waals surface area contributed by atoms with E-state index in [0.29, 0.717) is 10.8 Å². The molecule has 1 aliphatic heterocycles. The van der Waals surface area contributed by atoms with E-state index in [1.165, 1.54) is 6.07 Å². The Balaban J connectivity index is 1.64. The van der Waals surface area contributed by atoms with E-state index in [1.807, 2.05) is 0 Å². The number of sulfonamides is 1. The van der Waals surface area contributed by atoms with Crippen molar-refractivity contribution in [2.45, 2.75) is 4.90 Å². The number of esters is 1. The molecule has 0 unspecified atom stereocenters.